The number of nitrogens with zero attached hydrogens (tertiary/aromatic N) is 1. The van der Waals surface area contributed by atoms with E-state index in [2.05, 4.69) is 0 Å². The van der Waals surface area contributed by atoms with Crippen molar-refractivity contribution in [1.29, 1.82) is 0 Å². The molecule has 2 nitrogen and oxygen atoms in total. The molecule has 1 aliphatic rings. The Bertz CT molecular complexity index is 864. The standard InChI is InChI=1S/C19H16FNO/c20-15-9-4-8-14-18-16(10-5-11-17(18)22)21(19(14)15)12-13-6-2-1-3-7-13/h1-4,6-9H,5,10-12H2. The first-order valence-corrected chi connectivity index (χ1v) is 7.62. The zero-order valence-electron chi connectivity index (χ0n) is 12.2. The van der Waals surface area contributed by atoms with Crippen LogP contribution in [0.25, 0.3) is 10.9 Å². The molecule has 0 atom stereocenters. The molecule has 1 aromatic heterocycles. The topological polar surface area (TPSA) is 22.0 Å². The third-order valence-electron chi connectivity index (χ3n) is 4.42. The van der Waals surface area contributed by atoms with Gasteiger partial charge in [0, 0.05) is 29.6 Å². The number of hydrogen-bond donors (Lipinski definition) is 0. The smallest absolute Gasteiger partial charge is 0.165 e. The molecule has 110 valence electrons. The van der Waals surface area contributed by atoms with Crippen LogP contribution in [0.3, 0.4) is 0 Å². The number of benzene rings is 2. The van der Waals surface area contributed by atoms with Crippen LogP contribution in [0.5, 0.6) is 0 Å². The summed E-state index contributed by atoms with van der Waals surface area (Å²) in [6.07, 6.45) is 2.24. The van der Waals surface area contributed by atoms with Crippen molar-refractivity contribution in [2.75, 3.05) is 0 Å². The van der Waals surface area contributed by atoms with E-state index in [9.17, 15) is 9.18 Å². The lowest BCUT2D eigenvalue weighted by Gasteiger charge is -2.15. The van der Waals surface area contributed by atoms with E-state index in [-0.39, 0.29) is 11.6 Å². The minimum atomic E-state index is -0.254. The second-order valence-corrected chi connectivity index (χ2v) is 5.81. The Balaban J connectivity index is 1.99. The number of ketones is 1. The Labute approximate surface area is 128 Å². The highest BCUT2D eigenvalue weighted by atomic mass is 19.1. The SMILES string of the molecule is O=C1CCCc2c1c1cccc(F)c1n2Cc1ccccc1. The number of Topliss-reactive ketones (excluding diaryl/α,β-unsaturated/α-hetero) is 1. The highest BCUT2D eigenvalue weighted by Gasteiger charge is 2.26. The molecule has 3 aromatic rings. The molecule has 0 radical (unpaired) electrons. The van der Waals surface area contributed by atoms with E-state index in [1.54, 1.807) is 6.07 Å². The highest BCUT2D eigenvalue weighted by Crippen LogP contribution is 2.34. The molecule has 0 aliphatic heterocycles. The lowest BCUT2D eigenvalue weighted by Crippen LogP contribution is -2.13. The molecular weight excluding hydrogens is 277 g/mol. The van der Waals surface area contributed by atoms with E-state index >= 15 is 0 Å². The highest BCUT2D eigenvalue weighted by molar-refractivity contribution is 6.10. The van der Waals surface area contributed by atoms with Gasteiger partial charge in [-0.05, 0) is 24.5 Å². The Morgan fingerprint density at radius 3 is 2.64 bits per heavy atom. The van der Waals surface area contributed by atoms with E-state index in [4.69, 9.17) is 0 Å². The third-order valence-corrected chi connectivity index (χ3v) is 4.42. The Morgan fingerprint density at radius 2 is 1.82 bits per heavy atom. The lowest BCUT2D eigenvalue weighted by molar-refractivity contribution is 0.0973. The maximum atomic E-state index is 14.4. The molecule has 0 saturated carbocycles. The predicted molar refractivity (Wildman–Crippen MR) is 84.7 cm³/mol. The van der Waals surface area contributed by atoms with Gasteiger partial charge >= 0.3 is 0 Å². The fourth-order valence-corrected chi connectivity index (χ4v) is 3.47. The molecule has 0 N–H and O–H groups in total. The summed E-state index contributed by atoms with van der Waals surface area (Å²) in [7, 11) is 0. The van der Waals surface area contributed by atoms with Crippen LogP contribution in [-0.4, -0.2) is 10.4 Å². The van der Waals surface area contributed by atoms with E-state index in [0.29, 0.717) is 18.5 Å². The van der Waals surface area contributed by atoms with Crippen LogP contribution in [0, 0.1) is 5.82 Å². The van der Waals surface area contributed by atoms with Gasteiger partial charge in [0.15, 0.2) is 5.78 Å². The minimum Gasteiger partial charge on any atom is -0.337 e. The van der Waals surface area contributed by atoms with Gasteiger partial charge in [0.25, 0.3) is 0 Å². The summed E-state index contributed by atoms with van der Waals surface area (Å²) in [6.45, 7) is 0.598. The summed E-state index contributed by atoms with van der Waals surface area (Å²) in [4.78, 5) is 12.3. The van der Waals surface area contributed by atoms with Crippen LogP contribution in [0.4, 0.5) is 4.39 Å². The first-order chi connectivity index (χ1) is 10.8. The monoisotopic (exact) mass is 293 g/mol. The Morgan fingerprint density at radius 1 is 1.00 bits per heavy atom. The average Bonchev–Trinajstić information content (AvgIpc) is 2.85. The number of halogens is 1. The molecule has 22 heavy (non-hydrogen) atoms. The number of para-hydroxylation sites is 1. The van der Waals surface area contributed by atoms with Crippen molar-refractivity contribution < 1.29 is 9.18 Å². The van der Waals surface area contributed by atoms with Crippen molar-refractivity contribution in [1.82, 2.24) is 4.57 Å². The number of carbonyl (C=O) groups is 1. The second-order valence-electron chi connectivity index (χ2n) is 5.81. The summed E-state index contributed by atoms with van der Waals surface area (Å²) in [5.41, 5.74) is 3.40. The molecule has 0 amide bonds. The summed E-state index contributed by atoms with van der Waals surface area (Å²) in [6, 6.07) is 15.0. The molecule has 3 heteroatoms. The molecule has 1 heterocycles. The molecule has 2 aromatic carbocycles. The van der Waals surface area contributed by atoms with Crippen molar-refractivity contribution in [2.24, 2.45) is 0 Å². The van der Waals surface area contributed by atoms with Gasteiger partial charge in [0.05, 0.1) is 5.52 Å². The maximum absolute atomic E-state index is 14.4. The number of fused-ring (bicyclic) bond motifs is 3. The first-order valence-electron chi connectivity index (χ1n) is 7.62. The molecule has 0 saturated heterocycles. The molecule has 0 fully saturated rings. The van der Waals surface area contributed by atoms with E-state index in [0.717, 1.165) is 35.0 Å². The second kappa shape index (κ2) is 5.09. The molecular formula is C19H16FNO. The molecule has 0 unspecified atom stereocenters. The quantitative estimate of drug-likeness (QED) is 0.688. The Kier molecular flexibility index (Phi) is 3.07. The van der Waals surface area contributed by atoms with Crippen molar-refractivity contribution in [3.63, 3.8) is 0 Å². The maximum Gasteiger partial charge on any atom is 0.165 e. The molecule has 4 rings (SSSR count). The zero-order valence-corrected chi connectivity index (χ0v) is 12.2. The first kappa shape index (κ1) is 13.3. The molecule has 0 spiro atoms. The van der Waals surface area contributed by atoms with Crippen LogP contribution < -0.4 is 0 Å². The number of rotatable bonds is 2. The number of hydrogen-bond acceptors (Lipinski definition) is 1. The summed E-state index contributed by atoms with van der Waals surface area (Å²) in [5, 5.41) is 0.760. The lowest BCUT2D eigenvalue weighted by atomic mass is 9.94. The summed E-state index contributed by atoms with van der Waals surface area (Å²) in [5.74, 6) is -0.112. The number of carbonyl (C=O) groups excluding carboxylic acids is 1. The van der Waals surface area contributed by atoms with Crippen molar-refractivity contribution >= 4 is 16.7 Å². The van der Waals surface area contributed by atoms with Crippen molar-refractivity contribution in [3.8, 4) is 0 Å². The van der Waals surface area contributed by atoms with Crippen LogP contribution in [0.1, 0.15) is 34.5 Å². The van der Waals surface area contributed by atoms with E-state index in [1.165, 1.54) is 6.07 Å². The fraction of sp³-hybridized carbons (Fsp3) is 0.211. The minimum absolute atomic E-state index is 0.142. The van der Waals surface area contributed by atoms with Crippen LogP contribution >= 0.6 is 0 Å². The van der Waals surface area contributed by atoms with E-state index in [1.807, 2.05) is 41.0 Å². The van der Waals surface area contributed by atoms with Gasteiger partial charge in [-0.2, -0.15) is 0 Å². The van der Waals surface area contributed by atoms with Gasteiger partial charge in [-0.1, -0.05) is 42.5 Å². The predicted octanol–water partition coefficient (Wildman–Crippen LogP) is 4.35. The van der Waals surface area contributed by atoms with E-state index < -0.39 is 0 Å². The van der Waals surface area contributed by atoms with Gasteiger partial charge in [-0.3, -0.25) is 4.79 Å². The normalized spacial score (nSPS) is 14.3. The fourth-order valence-electron chi connectivity index (χ4n) is 3.47. The van der Waals surface area contributed by atoms with Gasteiger partial charge in [-0.25, -0.2) is 4.39 Å². The van der Waals surface area contributed by atoms with Crippen molar-refractivity contribution in [2.45, 2.75) is 25.8 Å². The Hall–Kier alpha value is -2.42. The average molecular weight is 293 g/mol. The summed E-state index contributed by atoms with van der Waals surface area (Å²) >= 11 is 0. The van der Waals surface area contributed by atoms with Crippen molar-refractivity contribution in [3.05, 3.63) is 71.2 Å². The van der Waals surface area contributed by atoms with Crippen LogP contribution in [0.2, 0.25) is 0 Å². The van der Waals surface area contributed by atoms with Crippen LogP contribution in [-0.2, 0) is 13.0 Å². The molecule has 0 bridgehead atoms. The zero-order chi connectivity index (χ0) is 15.1. The number of aromatic nitrogens is 1. The van der Waals surface area contributed by atoms with Gasteiger partial charge < -0.3 is 4.57 Å². The van der Waals surface area contributed by atoms with Gasteiger partial charge in [0.2, 0.25) is 0 Å². The van der Waals surface area contributed by atoms with Gasteiger partial charge in [-0.15, -0.1) is 0 Å². The van der Waals surface area contributed by atoms with Gasteiger partial charge in [0.1, 0.15) is 5.82 Å². The largest absolute Gasteiger partial charge is 0.337 e. The third kappa shape index (κ3) is 1.97. The molecule has 1 aliphatic carbocycles. The summed E-state index contributed by atoms with van der Waals surface area (Å²) < 4.78 is 16.4. The van der Waals surface area contributed by atoms with Crippen LogP contribution in [0.15, 0.2) is 48.5 Å².